The summed E-state index contributed by atoms with van der Waals surface area (Å²) in [6.45, 7) is 8.05. The van der Waals surface area contributed by atoms with Crippen LogP contribution in [-0.4, -0.2) is 45.6 Å². The van der Waals surface area contributed by atoms with E-state index in [-0.39, 0.29) is 29.1 Å². The zero-order valence-corrected chi connectivity index (χ0v) is 19.9. The number of ether oxygens (including phenoxy) is 2. The Bertz CT molecular complexity index is 822. The predicted molar refractivity (Wildman–Crippen MR) is 125 cm³/mol. The molecule has 2 saturated heterocycles. The second kappa shape index (κ2) is 9.37. The maximum absolute atomic E-state index is 12.7. The first-order valence-corrected chi connectivity index (χ1v) is 13.4. The van der Waals surface area contributed by atoms with E-state index in [4.69, 9.17) is 13.9 Å². The lowest BCUT2D eigenvalue weighted by Crippen LogP contribution is -2.66. The van der Waals surface area contributed by atoms with Gasteiger partial charge in [-0.25, -0.2) is 0 Å². The van der Waals surface area contributed by atoms with E-state index in [1.54, 1.807) is 0 Å². The maximum atomic E-state index is 12.7. The van der Waals surface area contributed by atoms with Crippen LogP contribution in [0.15, 0.2) is 60.7 Å². The number of benzene rings is 2. The smallest absolute Gasteiger partial charge is 0.261 e. The average molecular weight is 439 g/mol. The summed E-state index contributed by atoms with van der Waals surface area (Å²) in [5.74, 6) is 0.147. The van der Waals surface area contributed by atoms with E-state index in [0.29, 0.717) is 19.4 Å². The first-order chi connectivity index (χ1) is 14.9. The van der Waals surface area contributed by atoms with Gasteiger partial charge in [0.2, 0.25) is 0 Å². The Hall–Kier alpha value is -1.79. The highest BCUT2D eigenvalue weighted by atomic mass is 28.4. The highest BCUT2D eigenvalue weighted by Crippen LogP contribution is 2.37. The molecule has 0 amide bonds. The van der Waals surface area contributed by atoms with Crippen molar-refractivity contribution in [1.29, 1.82) is 0 Å². The van der Waals surface area contributed by atoms with Crippen molar-refractivity contribution in [3.63, 3.8) is 0 Å². The van der Waals surface area contributed by atoms with Gasteiger partial charge in [-0.3, -0.25) is 4.79 Å². The highest BCUT2D eigenvalue weighted by molar-refractivity contribution is 6.99. The topological polar surface area (TPSA) is 44.8 Å². The molecule has 0 aromatic heterocycles. The van der Waals surface area contributed by atoms with Crippen molar-refractivity contribution in [2.75, 3.05) is 13.2 Å². The van der Waals surface area contributed by atoms with Crippen molar-refractivity contribution in [2.24, 2.45) is 0 Å². The molecule has 0 unspecified atom stereocenters. The van der Waals surface area contributed by atoms with Gasteiger partial charge < -0.3 is 13.9 Å². The Kier molecular flexibility index (Phi) is 6.77. The quantitative estimate of drug-likeness (QED) is 0.643. The molecule has 0 saturated carbocycles. The van der Waals surface area contributed by atoms with Gasteiger partial charge in [0.25, 0.3) is 8.32 Å². The van der Waals surface area contributed by atoms with Gasteiger partial charge in [-0.05, 0) is 28.3 Å². The van der Waals surface area contributed by atoms with Gasteiger partial charge >= 0.3 is 0 Å². The fourth-order valence-corrected chi connectivity index (χ4v) is 9.66. The van der Waals surface area contributed by atoms with E-state index >= 15 is 0 Å². The summed E-state index contributed by atoms with van der Waals surface area (Å²) >= 11 is 0. The summed E-state index contributed by atoms with van der Waals surface area (Å²) in [7, 11) is -2.58. The lowest BCUT2D eigenvalue weighted by Gasteiger charge is -2.43. The molecule has 2 fully saturated rings. The van der Waals surface area contributed by atoms with E-state index in [9.17, 15) is 4.79 Å². The van der Waals surface area contributed by atoms with Gasteiger partial charge in [0.15, 0.2) is 5.78 Å². The summed E-state index contributed by atoms with van der Waals surface area (Å²) in [6.07, 6.45) is 2.63. The Labute approximate surface area is 187 Å². The zero-order chi connectivity index (χ0) is 21.9. The number of ketones is 1. The molecule has 5 heteroatoms. The molecule has 2 aliphatic rings. The molecule has 2 heterocycles. The molecular formula is C26H34O4Si. The summed E-state index contributed by atoms with van der Waals surface area (Å²) < 4.78 is 18.9. The molecule has 3 atom stereocenters. The van der Waals surface area contributed by atoms with Crippen molar-refractivity contribution in [1.82, 2.24) is 0 Å². The number of carbonyl (C=O) groups excluding carboxylic acids is 1. The fourth-order valence-electron chi connectivity index (χ4n) is 5.08. The maximum Gasteiger partial charge on any atom is 0.261 e. The van der Waals surface area contributed by atoms with Gasteiger partial charge in [0, 0.05) is 26.1 Å². The number of rotatable bonds is 6. The lowest BCUT2D eigenvalue weighted by molar-refractivity contribution is -0.178. The third-order valence-electron chi connectivity index (χ3n) is 6.60. The molecule has 2 aromatic rings. The lowest BCUT2D eigenvalue weighted by atomic mass is 9.94. The number of Topliss-reactive ketones (excluding diaryl/α,β-unsaturated/α-hetero) is 1. The molecular weight excluding hydrogens is 404 g/mol. The largest absolute Gasteiger partial charge is 0.407 e. The number of fused-ring (bicyclic) bond motifs is 1. The molecule has 2 aromatic carbocycles. The van der Waals surface area contributed by atoms with Crippen LogP contribution < -0.4 is 10.4 Å². The van der Waals surface area contributed by atoms with E-state index in [0.717, 1.165) is 19.4 Å². The minimum absolute atomic E-state index is 0.0457. The van der Waals surface area contributed by atoms with Gasteiger partial charge in [0.1, 0.15) is 6.10 Å². The Morgan fingerprint density at radius 3 is 2.16 bits per heavy atom. The van der Waals surface area contributed by atoms with Crippen molar-refractivity contribution in [3.8, 4) is 0 Å². The van der Waals surface area contributed by atoms with Crippen LogP contribution in [0.25, 0.3) is 0 Å². The van der Waals surface area contributed by atoms with Crippen LogP contribution in [0.3, 0.4) is 0 Å². The third-order valence-corrected chi connectivity index (χ3v) is 11.6. The molecule has 4 nitrogen and oxygen atoms in total. The molecule has 166 valence electrons. The molecule has 0 N–H and O–H groups in total. The second-order valence-corrected chi connectivity index (χ2v) is 14.0. The Morgan fingerprint density at radius 2 is 1.58 bits per heavy atom. The molecule has 0 spiro atoms. The van der Waals surface area contributed by atoms with E-state index < -0.39 is 8.32 Å². The number of hydrogen-bond donors (Lipinski definition) is 0. The van der Waals surface area contributed by atoms with Crippen molar-refractivity contribution in [3.05, 3.63) is 60.7 Å². The van der Waals surface area contributed by atoms with Crippen molar-refractivity contribution >= 4 is 24.5 Å². The van der Waals surface area contributed by atoms with Gasteiger partial charge in [0.05, 0.1) is 12.2 Å². The number of carbonyl (C=O) groups is 1. The Balaban J connectivity index is 1.56. The predicted octanol–water partition coefficient (Wildman–Crippen LogP) is 3.86. The van der Waals surface area contributed by atoms with Crippen molar-refractivity contribution < 1.29 is 18.7 Å². The summed E-state index contributed by atoms with van der Waals surface area (Å²) in [4.78, 5) is 12.7. The van der Waals surface area contributed by atoms with Gasteiger partial charge in [-0.15, -0.1) is 0 Å². The average Bonchev–Trinajstić information content (AvgIpc) is 2.77. The molecule has 2 aliphatic heterocycles. The highest BCUT2D eigenvalue weighted by Gasteiger charge is 2.50. The van der Waals surface area contributed by atoms with Crippen LogP contribution in [0.4, 0.5) is 0 Å². The molecule has 0 bridgehead atoms. The summed E-state index contributed by atoms with van der Waals surface area (Å²) in [5.41, 5.74) is 0. The minimum Gasteiger partial charge on any atom is -0.407 e. The molecule has 4 rings (SSSR count). The van der Waals surface area contributed by atoms with E-state index in [2.05, 4.69) is 69.3 Å². The number of hydrogen-bond acceptors (Lipinski definition) is 4. The van der Waals surface area contributed by atoms with Gasteiger partial charge in [-0.2, -0.15) is 0 Å². The molecule has 31 heavy (non-hydrogen) atoms. The van der Waals surface area contributed by atoms with Crippen LogP contribution in [0, 0.1) is 0 Å². The Morgan fingerprint density at radius 1 is 0.968 bits per heavy atom. The standard InChI is InChI=1S/C26H34O4Si/c1-26(2,3)31(20-11-6-4-7-12-20,21-13-8-5-9-14-21)29-18-16-23-22(27)19-25-24(30-23)15-10-17-28-25/h4-9,11-14,23-25H,10,15-19H2,1-3H3/t23-,24+,25-/m0/s1. The van der Waals surface area contributed by atoms with Gasteiger partial charge in [-0.1, -0.05) is 81.4 Å². The second-order valence-electron chi connectivity index (χ2n) is 9.69. The summed E-state index contributed by atoms with van der Waals surface area (Å²) in [5, 5.41) is 2.44. The van der Waals surface area contributed by atoms with Crippen LogP contribution >= 0.6 is 0 Å². The van der Waals surface area contributed by atoms with Crippen molar-refractivity contribution in [2.45, 2.75) is 69.8 Å². The summed E-state index contributed by atoms with van der Waals surface area (Å²) in [6, 6.07) is 21.2. The fraction of sp³-hybridized carbons (Fsp3) is 0.500. The van der Waals surface area contributed by atoms with E-state index in [1.165, 1.54) is 10.4 Å². The normalized spacial score (nSPS) is 24.6. The molecule has 0 aliphatic carbocycles. The third kappa shape index (κ3) is 4.56. The zero-order valence-electron chi connectivity index (χ0n) is 18.9. The van der Waals surface area contributed by atoms with Crippen LogP contribution in [-0.2, 0) is 18.7 Å². The van der Waals surface area contributed by atoms with E-state index in [1.807, 2.05) is 12.1 Å². The first kappa shape index (κ1) is 22.4. The molecule has 0 radical (unpaired) electrons. The van der Waals surface area contributed by atoms with Crippen LogP contribution in [0.2, 0.25) is 5.04 Å². The van der Waals surface area contributed by atoms with Crippen LogP contribution in [0.1, 0.15) is 46.5 Å². The SMILES string of the molecule is CC(C)(C)[Si](OCC[C@@H]1O[C@@H]2CCCO[C@H]2CC1=O)(c1ccccc1)c1ccccc1. The minimum atomic E-state index is -2.58. The first-order valence-electron chi connectivity index (χ1n) is 11.5. The van der Waals surface area contributed by atoms with Crippen LogP contribution in [0.5, 0.6) is 0 Å². The monoisotopic (exact) mass is 438 g/mol.